The summed E-state index contributed by atoms with van der Waals surface area (Å²) in [6.07, 6.45) is 4.70. The molecule has 0 saturated heterocycles. The SMILES string of the molecule is Cc1ccc(OCCN(C)C(=O)Cn2cc(NC(=O)CCNc3cnc(F)cc3C)cn2)cc1. The van der Waals surface area contributed by atoms with Gasteiger partial charge in [0.1, 0.15) is 18.9 Å². The Kier molecular flexibility index (Phi) is 8.55. The molecule has 2 heterocycles. The van der Waals surface area contributed by atoms with Gasteiger partial charge < -0.3 is 20.3 Å². The summed E-state index contributed by atoms with van der Waals surface area (Å²) in [5.74, 6) is -0.117. The van der Waals surface area contributed by atoms with E-state index in [4.69, 9.17) is 4.74 Å². The lowest BCUT2D eigenvalue weighted by molar-refractivity contribution is -0.131. The van der Waals surface area contributed by atoms with Crippen molar-refractivity contribution in [1.82, 2.24) is 19.7 Å². The second kappa shape index (κ2) is 11.8. The Labute approximate surface area is 197 Å². The second-order valence-corrected chi connectivity index (χ2v) is 7.95. The predicted molar refractivity (Wildman–Crippen MR) is 127 cm³/mol. The van der Waals surface area contributed by atoms with Crippen molar-refractivity contribution in [2.24, 2.45) is 0 Å². The number of nitrogens with zero attached hydrogens (tertiary/aromatic N) is 4. The molecule has 9 nitrogen and oxygen atoms in total. The van der Waals surface area contributed by atoms with Crippen molar-refractivity contribution in [3.63, 3.8) is 0 Å². The molecule has 34 heavy (non-hydrogen) atoms. The van der Waals surface area contributed by atoms with Crippen LogP contribution in [0.5, 0.6) is 5.75 Å². The van der Waals surface area contributed by atoms with Crippen LogP contribution in [0.3, 0.4) is 0 Å². The summed E-state index contributed by atoms with van der Waals surface area (Å²) in [4.78, 5) is 29.8. The van der Waals surface area contributed by atoms with Crippen LogP contribution in [0.1, 0.15) is 17.5 Å². The van der Waals surface area contributed by atoms with Gasteiger partial charge in [0.25, 0.3) is 0 Å². The number of nitrogens with one attached hydrogen (secondary N) is 2. The highest BCUT2D eigenvalue weighted by Crippen LogP contribution is 2.14. The minimum atomic E-state index is -0.543. The summed E-state index contributed by atoms with van der Waals surface area (Å²) in [7, 11) is 1.71. The molecule has 0 atom stereocenters. The molecule has 0 aliphatic heterocycles. The van der Waals surface area contributed by atoms with E-state index in [1.54, 1.807) is 25.1 Å². The first-order valence-corrected chi connectivity index (χ1v) is 10.9. The van der Waals surface area contributed by atoms with E-state index >= 15 is 0 Å². The number of pyridine rings is 1. The number of aromatic nitrogens is 3. The molecule has 10 heteroatoms. The monoisotopic (exact) mass is 468 g/mol. The molecule has 2 N–H and O–H groups in total. The van der Waals surface area contributed by atoms with Crippen molar-refractivity contribution < 1.29 is 18.7 Å². The van der Waals surface area contributed by atoms with Crippen molar-refractivity contribution in [3.8, 4) is 5.75 Å². The summed E-state index contributed by atoms with van der Waals surface area (Å²) < 4.78 is 20.2. The average Bonchev–Trinajstić information content (AvgIpc) is 3.23. The summed E-state index contributed by atoms with van der Waals surface area (Å²) in [6.45, 7) is 5.00. The highest BCUT2D eigenvalue weighted by atomic mass is 19.1. The molecule has 0 aliphatic carbocycles. The van der Waals surface area contributed by atoms with Gasteiger partial charge in [0.05, 0.1) is 30.3 Å². The molecule has 0 aliphatic rings. The van der Waals surface area contributed by atoms with Crippen LogP contribution >= 0.6 is 0 Å². The zero-order valence-electron chi connectivity index (χ0n) is 19.5. The summed E-state index contributed by atoms with van der Waals surface area (Å²) >= 11 is 0. The number of hydrogen-bond acceptors (Lipinski definition) is 6. The van der Waals surface area contributed by atoms with Gasteiger partial charge in [-0.15, -0.1) is 0 Å². The van der Waals surface area contributed by atoms with E-state index < -0.39 is 5.95 Å². The van der Waals surface area contributed by atoms with Gasteiger partial charge in [-0.2, -0.15) is 9.49 Å². The van der Waals surface area contributed by atoms with Gasteiger partial charge in [0.2, 0.25) is 17.8 Å². The zero-order chi connectivity index (χ0) is 24.5. The molecule has 3 aromatic rings. The number of likely N-dealkylation sites (N-methyl/N-ethyl adjacent to an activating group) is 1. The molecule has 0 unspecified atom stereocenters. The fourth-order valence-corrected chi connectivity index (χ4v) is 3.07. The van der Waals surface area contributed by atoms with Gasteiger partial charge in [-0.25, -0.2) is 4.98 Å². The lowest BCUT2D eigenvalue weighted by atomic mass is 10.2. The Balaban J connectivity index is 1.37. The van der Waals surface area contributed by atoms with Crippen molar-refractivity contribution >= 4 is 23.2 Å². The Bertz CT molecular complexity index is 1120. The Hall–Kier alpha value is -3.95. The van der Waals surface area contributed by atoms with E-state index in [0.717, 1.165) is 11.3 Å². The molecule has 0 spiro atoms. The maximum Gasteiger partial charge on any atom is 0.244 e. The Morgan fingerprint density at radius 1 is 1.18 bits per heavy atom. The minimum absolute atomic E-state index is 0.0509. The van der Waals surface area contributed by atoms with E-state index in [-0.39, 0.29) is 24.8 Å². The maximum absolute atomic E-state index is 13.1. The fourth-order valence-electron chi connectivity index (χ4n) is 3.07. The molecule has 1 aromatic carbocycles. The van der Waals surface area contributed by atoms with Crippen LogP contribution in [0.25, 0.3) is 0 Å². The number of aryl methyl sites for hydroxylation is 2. The summed E-state index contributed by atoms with van der Waals surface area (Å²) in [5.41, 5.74) is 3.05. The van der Waals surface area contributed by atoms with Crippen molar-refractivity contribution in [1.29, 1.82) is 0 Å². The fraction of sp³-hybridized carbons (Fsp3) is 0.333. The van der Waals surface area contributed by atoms with Gasteiger partial charge in [0.15, 0.2) is 0 Å². The Morgan fingerprint density at radius 2 is 1.94 bits per heavy atom. The van der Waals surface area contributed by atoms with E-state index in [0.29, 0.717) is 36.6 Å². The third-order valence-electron chi connectivity index (χ3n) is 5.10. The normalized spacial score (nSPS) is 10.6. The van der Waals surface area contributed by atoms with E-state index in [1.165, 1.54) is 23.1 Å². The number of carbonyl (C=O) groups excluding carboxylic acids is 2. The highest BCUT2D eigenvalue weighted by molar-refractivity contribution is 5.90. The van der Waals surface area contributed by atoms with Crippen LogP contribution in [0.4, 0.5) is 15.8 Å². The van der Waals surface area contributed by atoms with Gasteiger partial charge in [-0.3, -0.25) is 14.3 Å². The number of anilines is 2. The van der Waals surface area contributed by atoms with Crippen LogP contribution < -0.4 is 15.4 Å². The molecule has 180 valence electrons. The molecule has 3 rings (SSSR count). The van der Waals surface area contributed by atoms with Crippen LogP contribution in [-0.2, 0) is 16.1 Å². The third kappa shape index (κ3) is 7.58. The third-order valence-corrected chi connectivity index (χ3v) is 5.10. The molecular formula is C24H29FN6O3. The van der Waals surface area contributed by atoms with Crippen molar-refractivity contribution in [2.45, 2.75) is 26.8 Å². The number of halogens is 1. The molecule has 2 aromatic heterocycles. The number of carbonyl (C=O) groups is 2. The highest BCUT2D eigenvalue weighted by Gasteiger charge is 2.12. The molecule has 0 radical (unpaired) electrons. The largest absolute Gasteiger partial charge is 0.492 e. The minimum Gasteiger partial charge on any atom is -0.492 e. The van der Waals surface area contributed by atoms with Crippen LogP contribution in [0, 0.1) is 19.8 Å². The first-order chi connectivity index (χ1) is 16.3. The molecular weight excluding hydrogens is 439 g/mol. The van der Waals surface area contributed by atoms with Crippen molar-refractivity contribution in [2.75, 3.05) is 37.4 Å². The number of benzene rings is 1. The first-order valence-electron chi connectivity index (χ1n) is 10.9. The lowest BCUT2D eigenvalue weighted by Crippen LogP contribution is -2.33. The zero-order valence-corrected chi connectivity index (χ0v) is 19.5. The molecule has 0 bridgehead atoms. The maximum atomic E-state index is 13.1. The standard InChI is InChI=1S/C24H29FN6O3/c1-17-4-6-20(7-5-17)34-11-10-30(3)24(33)16-31-15-19(13-28-31)29-23(32)8-9-26-21-14-27-22(25)12-18(21)2/h4-7,12-15,26H,8-11,16H2,1-3H3,(H,29,32). The van der Waals surface area contributed by atoms with E-state index in [1.807, 2.05) is 31.2 Å². The quantitative estimate of drug-likeness (QED) is 0.420. The summed E-state index contributed by atoms with van der Waals surface area (Å²) in [6, 6.07) is 9.06. The molecule has 0 saturated carbocycles. The predicted octanol–water partition coefficient (Wildman–Crippen LogP) is 3.01. The second-order valence-electron chi connectivity index (χ2n) is 7.95. The smallest absolute Gasteiger partial charge is 0.244 e. The topological polar surface area (TPSA) is 101 Å². The molecule has 2 amide bonds. The Morgan fingerprint density at radius 3 is 2.68 bits per heavy atom. The van der Waals surface area contributed by atoms with Crippen LogP contribution in [0.2, 0.25) is 0 Å². The van der Waals surface area contributed by atoms with Gasteiger partial charge >= 0.3 is 0 Å². The van der Waals surface area contributed by atoms with Gasteiger partial charge in [-0.1, -0.05) is 17.7 Å². The number of amides is 2. The number of ether oxygens (including phenoxy) is 1. The van der Waals surface area contributed by atoms with Gasteiger partial charge in [-0.05, 0) is 37.6 Å². The van der Waals surface area contributed by atoms with Crippen LogP contribution in [-0.4, -0.2) is 58.2 Å². The van der Waals surface area contributed by atoms with Crippen molar-refractivity contribution in [3.05, 3.63) is 66.0 Å². The average molecular weight is 469 g/mol. The number of hydrogen-bond donors (Lipinski definition) is 2. The van der Waals surface area contributed by atoms with E-state index in [2.05, 4.69) is 20.7 Å². The first kappa shape index (κ1) is 24.7. The molecule has 0 fully saturated rings. The lowest BCUT2D eigenvalue weighted by Gasteiger charge is -2.17. The van der Waals surface area contributed by atoms with Gasteiger partial charge in [0, 0.05) is 26.2 Å². The van der Waals surface area contributed by atoms with Crippen LogP contribution in [0.15, 0.2) is 48.9 Å². The number of rotatable bonds is 11. The van der Waals surface area contributed by atoms with E-state index in [9.17, 15) is 14.0 Å². The summed E-state index contributed by atoms with van der Waals surface area (Å²) in [5, 5.41) is 9.95.